The maximum Gasteiger partial charge on any atom is 0.258 e. The average molecular weight is 365 g/mol. The lowest BCUT2D eigenvalue weighted by atomic mass is 10.2. The Hall–Kier alpha value is -4.06. The van der Waals surface area contributed by atoms with Gasteiger partial charge in [-0.2, -0.15) is 9.50 Å². The lowest BCUT2D eigenvalue weighted by Crippen LogP contribution is -2.12. The van der Waals surface area contributed by atoms with Crippen LogP contribution < -0.4 is 5.32 Å². The van der Waals surface area contributed by atoms with Crippen molar-refractivity contribution in [3.05, 3.63) is 90.5 Å². The first kappa shape index (κ1) is 16.1. The number of para-hydroxylation sites is 1. The molecule has 0 aliphatic carbocycles. The molecule has 1 N–H and O–H groups in total. The Labute approximate surface area is 160 Å². The Balaban J connectivity index is 1.67. The molecule has 28 heavy (non-hydrogen) atoms. The molecule has 0 atom stereocenters. The zero-order valence-corrected chi connectivity index (χ0v) is 14.8. The Morgan fingerprint density at radius 3 is 2.25 bits per heavy atom. The van der Waals surface area contributed by atoms with Gasteiger partial charge in [0, 0.05) is 16.5 Å². The van der Waals surface area contributed by atoms with Gasteiger partial charge in [0.2, 0.25) is 5.95 Å². The molecule has 0 unspecified atom stereocenters. The third kappa shape index (κ3) is 2.77. The average Bonchev–Trinajstić information content (AvgIpc) is 3.18. The van der Waals surface area contributed by atoms with E-state index in [-0.39, 0.29) is 11.9 Å². The summed E-state index contributed by atoms with van der Waals surface area (Å²) in [7, 11) is 0. The molecule has 0 aliphatic rings. The standard InChI is InChI=1S/C22H15N5O/c28-21(16-11-5-2-6-12-16)25-22-24-20-17-13-7-8-14-18(17)23-19(27(20)26-22)15-9-3-1-4-10-15/h1-14H,(H,25,26,28). The molecule has 134 valence electrons. The second-order valence-corrected chi connectivity index (χ2v) is 6.31. The monoisotopic (exact) mass is 365 g/mol. The van der Waals surface area contributed by atoms with Gasteiger partial charge in [-0.3, -0.25) is 10.1 Å². The number of hydrogen-bond acceptors (Lipinski definition) is 4. The summed E-state index contributed by atoms with van der Waals surface area (Å²) >= 11 is 0. The van der Waals surface area contributed by atoms with E-state index in [1.165, 1.54) is 0 Å². The highest BCUT2D eigenvalue weighted by Gasteiger charge is 2.16. The molecule has 0 fully saturated rings. The number of hydrogen-bond donors (Lipinski definition) is 1. The van der Waals surface area contributed by atoms with Gasteiger partial charge in [-0.1, -0.05) is 60.7 Å². The maximum absolute atomic E-state index is 12.5. The second-order valence-electron chi connectivity index (χ2n) is 6.31. The summed E-state index contributed by atoms with van der Waals surface area (Å²) in [4.78, 5) is 21.8. The number of anilines is 1. The SMILES string of the molecule is O=C(Nc1nc2c3ccccc3nc(-c3ccccc3)n2n1)c1ccccc1. The molecule has 2 aromatic heterocycles. The molecule has 0 spiro atoms. The van der Waals surface area contributed by atoms with Gasteiger partial charge in [0.15, 0.2) is 11.5 Å². The van der Waals surface area contributed by atoms with E-state index < -0.39 is 0 Å². The number of fused-ring (bicyclic) bond motifs is 3. The number of amides is 1. The first-order valence-corrected chi connectivity index (χ1v) is 8.87. The van der Waals surface area contributed by atoms with Crippen molar-refractivity contribution in [1.82, 2.24) is 19.6 Å². The highest BCUT2D eigenvalue weighted by molar-refractivity contribution is 6.03. The minimum Gasteiger partial charge on any atom is -0.289 e. The number of carbonyl (C=O) groups is 1. The summed E-state index contributed by atoms with van der Waals surface area (Å²) in [6.45, 7) is 0. The zero-order chi connectivity index (χ0) is 18.9. The van der Waals surface area contributed by atoms with E-state index >= 15 is 0 Å². The largest absolute Gasteiger partial charge is 0.289 e. The van der Waals surface area contributed by atoms with E-state index in [4.69, 9.17) is 4.98 Å². The lowest BCUT2D eigenvalue weighted by molar-refractivity contribution is 0.102. The van der Waals surface area contributed by atoms with E-state index in [1.807, 2.05) is 72.8 Å². The molecule has 0 bridgehead atoms. The minimum atomic E-state index is -0.255. The molecule has 0 saturated carbocycles. The van der Waals surface area contributed by atoms with Crippen LogP contribution in [0.1, 0.15) is 10.4 Å². The van der Waals surface area contributed by atoms with Crippen molar-refractivity contribution in [2.75, 3.05) is 5.32 Å². The topological polar surface area (TPSA) is 72.2 Å². The van der Waals surface area contributed by atoms with Crippen LogP contribution >= 0.6 is 0 Å². The lowest BCUT2D eigenvalue weighted by Gasteiger charge is -2.06. The summed E-state index contributed by atoms with van der Waals surface area (Å²) in [5, 5.41) is 8.17. The van der Waals surface area contributed by atoms with Gasteiger partial charge in [-0.05, 0) is 24.3 Å². The molecule has 0 aliphatic heterocycles. The van der Waals surface area contributed by atoms with Crippen molar-refractivity contribution in [3.63, 3.8) is 0 Å². The molecular weight excluding hydrogens is 350 g/mol. The molecule has 6 heteroatoms. The van der Waals surface area contributed by atoms with Gasteiger partial charge in [0.25, 0.3) is 5.91 Å². The first-order valence-electron chi connectivity index (χ1n) is 8.87. The highest BCUT2D eigenvalue weighted by atomic mass is 16.1. The van der Waals surface area contributed by atoms with E-state index in [0.29, 0.717) is 17.0 Å². The van der Waals surface area contributed by atoms with Crippen LogP contribution in [0.15, 0.2) is 84.9 Å². The van der Waals surface area contributed by atoms with Crippen LogP contribution in [-0.4, -0.2) is 25.5 Å². The van der Waals surface area contributed by atoms with Crippen LogP contribution in [0, 0.1) is 0 Å². The smallest absolute Gasteiger partial charge is 0.258 e. The Kier molecular flexibility index (Phi) is 3.80. The number of carbonyl (C=O) groups excluding carboxylic acids is 1. The van der Waals surface area contributed by atoms with Gasteiger partial charge in [-0.15, -0.1) is 5.10 Å². The molecular formula is C22H15N5O. The predicted octanol–water partition coefficient (Wildman–Crippen LogP) is 4.20. The van der Waals surface area contributed by atoms with Crippen LogP contribution in [0.25, 0.3) is 27.9 Å². The zero-order valence-electron chi connectivity index (χ0n) is 14.8. The summed E-state index contributed by atoms with van der Waals surface area (Å²) in [5.41, 5.74) is 2.94. The van der Waals surface area contributed by atoms with Gasteiger partial charge in [0.1, 0.15) is 0 Å². The summed E-state index contributed by atoms with van der Waals surface area (Å²) < 4.78 is 1.68. The van der Waals surface area contributed by atoms with Crippen molar-refractivity contribution in [2.24, 2.45) is 0 Å². The highest BCUT2D eigenvalue weighted by Crippen LogP contribution is 2.25. The van der Waals surface area contributed by atoms with Crippen LogP contribution in [-0.2, 0) is 0 Å². The number of rotatable bonds is 3. The maximum atomic E-state index is 12.5. The van der Waals surface area contributed by atoms with Gasteiger partial charge >= 0.3 is 0 Å². The van der Waals surface area contributed by atoms with E-state index in [0.717, 1.165) is 16.5 Å². The third-order valence-electron chi connectivity index (χ3n) is 4.47. The fourth-order valence-corrected chi connectivity index (χ4v) is 3.15. The van der Waals surface area contributed by atoms with E-state index in [2.05, 4.69) is 15.4 Å². The molecule has 1 amide bonds. The van der Waals surface area contributed by atoms with Gasteiger partial charge in [0.05, 0.1) is 5.52 Å². The van der Waals surface area contributed by atoms with E-state index in [9.17, 15) is 4.79 Å². The summed E-state index contributed by atoms with van der Waals surface area (Å²) in [6, 6.07) is 26.6. The molecule has 6 nitrogen and oxygen atoms in total. The van der Waals surface area contributed by atoms with Crippen molar-refractivity contribution >= 4 is 28.4 Å². The number of benzene rings is 3. The second kappa shape index (κ2) is 6.59. The van der Waals surface area contributed by atoms with Crippen molar-refractivity contribution in [2.45, 2.75) is 0 Å². The normalized spacial score (nSPS) is 11.0. The fraction of sp³-hybridized carbons (Fsp3) is 0. The van der Waals surface area contributed by atoms with Crippen LogP contribution in [0.3, 0.4) is 0 Å². The first-order chi connectivity index (χ1) is 13.8. The van der Waals surface area contributed by atoms with Crippen molar-refractivity contribution in [3.8, 4) is 11.4 Å². The number of nitrogens with zero attached hydrogens (tertiary/aromatic N) is 4. The van der Waals surface area contributed by atoms with Gasteiger partial charge in [-0.25, -0.2) is 4.98 Å². The minimum absolute atomic E-state index is 0.240. The predicted molar refractivity (Wildman–Crippen MR) is 108 cm³/mol. The molecule has 0 saturated heterocycles. The van der Waals surface area contributed by atoms with Crippen LogP contribution in [0.5, 0.6) is 0 Å². The summed E-state index contributed by atoms with van der Waals surface area (Å²) in [5.74, 6) is 0.654. The van der Waals surface area contributed by atoms with Gasteiger partial charge < -0.3 is 0 Å². The molecule has 5 rings (SSSR count). The van der Waals surface area contributed by atoms with Crippen molar-refractivity contribution < 1.29 is 4.79 Å². The molecule has 3 aromatic carbocycles. The third-order valence-corrected chi connectivity index (χ3v) is 4.47. The molecule has 5 aromatic rings. The van der Waals surface area contributed by atoms with Crippen LogP contribution in [0.4, 0.5) is 5.95 Å². The van der Waals surface area contributed by atoms with E-state index in [1.54, 1.807) is 16.6 Å². The Morgan fingerprint density at radius 2 is 1.46 bits per heavy atom. The Bertz CT molecular complexity index is 1300. The quantitative estimate of drug-likeness (QED) is 0.520. The van der Waals surface area contributed by atoms with Crippen molar-refractivity contribution in [1.29, 1.82) is 0 Å². The molecule has 2 heterocycles. The molecule has 0 radical (unpaired) electrons. The Morgan fingerprint density at radius 1 is 0.786 bits per heavy atom. The van der Waals surface area contributed by atoms with Crippen LogP contribution in [0.2, 0.25) is 0 Å². The number of nitrogens with one attached hydrogen (secondary N) is 1. The summed E-state index contributed by atoms with van der Waals surface area (Å²) in [6.07, 6.45) is 0. The fourth-order valence-electron chi connectivity index (χ4n) is 3.15. The number of aromatic nitrogens is 4.